The molecule has 1 atom stereocenters. The number of hydrogen-bond acceptors (Lipinski definition) is 4. The van der Waals surface area contributed by atoms with E-state index in [9.17, 15) is 9.18 Å². The third-order valence-electron chi connectivity index (χ3n) is 3.62. The molecule has 2 aromatic rings. The zero-order valence-corrected chi connectivity index (χ0v) is 14.2. The minimum atomic E-state index is -0.377. The van der Waals surface area contributed by atoms with E-state index in [1.54, 1.807) is 13.0 Å². The Kier molecular flexibility index (Phi) is 7.37. The number of nitrogens with two attached hydrogens (primary N) is 1. The molecule has 0 spiro atoms. The zero-order valence-electron chi connectivity index (χ0n) is 14.2. The van der Waals surface area contributed by atoms with Gasteiger partial charge >= 0.3 is 0 Å². The van der Waals surface area contributed by atoms with Gasteiger partial charge in [-0.25, -0.2) is 4.39 Å². The Labute approximate surface area is 146 Å². The molecule has 2 rings (SSSR count). The van der Waals surface area contributed by atoms with Gasteiger partial charge in [0.2, 0.25) is 5.91 Å². The summed E-state index contributed by atoms with van der Waals surface area (Å²) in [5.74, 6) is 0.0939. The van der Waals surface area contributed by atoms with Gasteiger partial charge in [0, 0.05) is 6.54 Å². The quantitative estimate of drug-likeness (QED) is 0.648. The van der Waals surface area contributed by atoms with Crippen molar-refractivity contribution in [2.45, 2.75) is 26.1 Å². The summed E-state index contributed by atoms with van der Waals surface area (Å²) in [7, 11) is 0. The minimum absolute atomic E-state index is 0.267. The Balaban J connectivity index is 1.65. The molecule has 0 aliphatic heterocycles. The largest absolute Gasteiger partial charge is 0.491 e. The zero-order chi connectivity index (χ0) is 18.1. The van der Waals surface area contributed by atoms with Crippen molar-refractivity contribution in [2.75, 3.05) is 13.2 Å². The Morgan fingerprint density at radius 2 is 1.92 bits per heavy atom. The molecule has 5 nitrogen and oxygen atoms in total. The van der Waals surface area contributed by atoms with Crippen LogP contribution < -0.4 is 15.8 Å². The van der Waals surface area contributed by atoms with Crippen LogP contribution in [-0.4, -0.2) is 25.2 Å². The predicted octanol–water partition coefficient (Wildman–Crippen LogP) is 2.38. The highest BCUT2D eigenvalue weighted by atomic mass is 19.1. The molecule has 0 saturated carbocycles. The fraction of sp³-hybridized carbons (Fsp3) is 0.316. The first-order valence-corrected chi connectivity index (χ1v) is 8.11. The Morgan fingerprint density at radius 3 is 2.60 bits per heavy atom. The molecular formula is C19H23FN2O3. The normalized spacial score (nSPS) is 11.9. The van der Waals surface area contributed by atoms with Gasteiger partial charge in [-0.05, 0) is 42.3 Å². The molecule has 0 saturated heterocycles. The highest BCUT2D eigenvalue weighted by Crippen LogP contribution is 2.12. The Hall–Kier alpha value is -2.44. The smallest absolute Gasteiger partial charge is 0.234 e. The first-order chi connectivity index (χ1) is 12.0. The molecule has 1 unspecified atom stereocenters. The summed E-state index contributed by atoms with van der Waals surface area (Å²) < 4.78 is 24.1. The molecule has 0 bridgehead atoms. The van der Waals surface area contributed by atoms with Crippen LogP contribution in [-0.2, 0) is 22.7 Å². The molecular weight excluding hydrogens is 323 g/mol. The summed E-state index contributed by atoms with van der Waals surface area (Å²) in [6, 6.07) is 13.5. The van der Waals surface area contributed by atoms with Crippen LogP contribution in [0, 0.1) is 5.82 Å². The van der Waals surface area contributed by atoms with Gasteiger partial charge < -0.3 is 20.5 Å². The molecule has 6 heteroatoms. The maximum atomic E-state index is 13.0. The van der Waals surface area contributed by atoms with Crippen LogP contribution in [0.5, 0.6) is 5.75 Å². The van der Waals surface area contributed by atoms with Gasteiger partial charge in [-0.1, -0.05) is 24.3 Å². The summed E-state index contributed by atoms with van der Waals surface area (Å²) >= 11 is 0. The molecule has 0 radical (unpaired) electrons. The van der Waals surface area contributed by atoms with Gasteiger partial charge in [0.05, 0.1) is 19.3 Å². The standard InChI is InChI=1S/C19H23FN2O3/c1-14(19(21)23)22-12-15-5-7-18(8-6-15)25-10-9-24-13-16-3-2-4-17(20)11-16/h2-8,11,14,22H,9-10,12-13H2,1H3,(H2,21,23). The van der Waals surface area contributed by atoms with Crippen molar-refractivity contribution in [1.29, 1.82) is 0 Å². The molecule has 2 aromatic carbocycles. The van der Waals surface area contributed by atoms with Crippen molar-refractivity contribution >= 4 is 5.91 Å². The summed E-state index contributed by atoms with van der Waals surface area (Å²) in [5, 5.41) is 3.04. The van der Waals surface area contributed by atoms with Crippen molar-refractivity contribution in [2.24, 2.45) is 5.73 Å². The third kappa shape index (κ3) is 6.91. The molecule has 0 aliphatic carbocycles. The highest BCUT2D eigenvalue weighted by Gasteiger charge is 2.06. The van der Waals surface area contributed by atoms with Crippen LogP contribution >= 0.6 is 0 Å². The molecule has 0 aromatic heterocycles. The van der Waals surface area contributed by atoms with E-state index in [-0.39, 0.29) is 17.8 Å². The SMILES string of the molecule is CC(NCc1ccc(OCCOCc2cccc(F)c2)cc1)C(N)=O. The minimum Gasteiger partial charge on any atom is -0.491 e. The van der Waals surface area contributed by atoms with Crippen LogP contribution in [0.2, 0.25) is 0 Å². The van der Waals surface area contributed by atoms with Crippen molar-refractivity contribution < 1.29 is 18.7 Å². The lowest BCUT2D eigenvalue weighted by atomic mass is 10.2. The van der Waals surface area contributed by atoms with Gasteiger partial charge in [-0.2, -0.15) is 0 Å². The fourth-order valence-corrected chi connectivity index (χ4v) is 2.11. The second-order valence-electron chi connectivity index (χ2n) is 5.68. The van der Waals surface area contributed by atoms with Crippen molar-refractivity contribution in [1.82, 2.24) is 5.32 Å². The molecule has 25 heavy (non-hydrogen) atoms. The number of benzene rings is 2. The predicted molar refractivity (Wildman–Crippen MR) is 93.5 cm³/mol. The lowest BCUT2D eigenvalue weighted by Gasteiger charge is -2.11. The number of nitrogens with one attached hydrogen (secondary N) is 1. The van der Waals surface area contributed by atoms with Crippen LogP contribution in [0.4, 0.5) is 4.39 Å². The highest BCUT2D eigenvalue weighted by molar-refractivity contribution is 5.79. The first kappa shape index (κ1) is 18.9. The van der Waals surface area contributed by atoms with E-state index in [0.717, 1.165) is 16.9 Å². The summed E-state index contributed by atoms with van der Waals surface area (Å²) in [6.07, 6.45) is 0. The van der Waals surface area contributed by atoms with Crippen LogP contribution in [0.15, 0.2) is 48.5 Å². The topological polar surface area (TPSA) is 73.6 Å². The van der Waals surface area contributed by atoms with Crippen LogP contribution in [0.3, 0.4) is 0 Å². The average Bonchev–Trinajstić information content (AvgIpc) is 2.60. The molecule has 3 N–H and O–H groups in total. The number of carbonyl (C=O) groups is 1. The lowest BCUT2D eigenvalue weighted by molar-refractivity contribution is -0.119. The molecule has 0 aliphatic rings. The monoisotopic (exact) mass is 346 g/mol. The van der Waals surface area contributed by atoms with E-state index in [1.807, 2.05) is 30.3 Å². The van der Waals surface area contributed by atoms with E-state index in [0.29, 0.717) is 26.4 Å². The van der Waals surface area contributed by atoms with E-state index < -0.39 is 0 Å². The van der Waals surface area contributed by atoms with Crippen LogP contribution in [0.25, 0.3) is 0 Å². The number of rotatable bonds is 10. The van der Waals surface area contributed by atoms with Gasteiger partial charge in [0.25, 0.3) is 0 Å². The Morgan fingerprint density at radius 1 is 1.16 bits per heavy atom. The third-order valence-corrected chi connectivity index (χ3v) is 3.62. The summed E-state index contributed by atoms with van der Waals surface area (Å²) in [6.45, 7) is 3.45. The number of hydrogen-bond donors (Lipinski definition) is 2. The molecule has 0 heterocycles. The molecule has 0 fully saturated rings. The van der Waals surface area contributed by atoms with E-state index in [1.165, 1.54) is 12.1 Å². The maximum absolute atomic E-state index is 13.0. The molecule has 134 valence electrons. The first-order valence-electron chi connectivity index (χ1n) is 8.11. The number of primary amides is 1. The van der Waals surface area contributed by atoms with Gasteiger partial charge in [0.15, 0.2) is 0 Å². The fourth-order valence-electron chi connectivity index (χ4n) is 2.11. The average molecular weight is 346 g/mol. The number of amides is 1. The summed E-state index contributed by atoms with van der Waals surface area (Å²) in [5.41, 5.74) is 7.02. The second kappa shape index (κ2) is 9.76. The van der Waals surface area contributed by atoms with Crippen molar-refractivity contribution in [3.05, 3.63) is 65.5 Å². The van der Waals surface area contributed by atoms with Gasteiger partial charge in [0.1, 0.15) is 18.2 Å². The number of carbonyl (C=O) groups excluding carboxylic acids is 1. The Bertz CT molecular complexity index is 677. The van der Waals surface area contributed by atoms with Gasteiger partial charge in [-0.15, -0.1) is 0 Å². The van der Waals surface area contributed by atoms with E-state index in [4.69, 9.17) is 15.2 Å². The van der Waals surface area contributed by atoms with E-state index in [2.05, 4.69) is 5.32 Å². The van der Waals surface area contributed by atoms with Crippen molar-refractivity contribution in [3.8, 4) is 5.75 Å². The number of ether oxygens (including phenoxy) is 2. The van der Waals surface area contributed by atoms with E-state index >= 15 is 0 Å². The lowest BCUT2D eigenvalue weighted by Crippen LogP contribution is -2.38. The summed E-state index contributed by atoms with van der Waals surface area (Å²) in [4.78, 5) is 11.0. The maximum Gasteiger partial charge on any atom is 0.234 e. The second-order valence-corrected chi connectivity index (χ2v) is 5.68. The number of halogens is 1. The molecule has 1 amide bonds. The van der Waals surface area contributed by atoms with Gasteiger partial charge in [-0.3, -0.25) is 4.79 Å². The van der Waals surface area contributed by atoms with Crippen molar-refractivity contribution in [3.63, 3.8) is 0 Å². The van der Waals surface area contributed by atoms with Crippen LogP contribution in [0.1, 0.15) is 18.1 Å².